The maximum absolute atomic E-state index is 13.0. The smallest absolute Gasteiger partial charge is 0.305 e. The van der Waals surface area contributed by atoms with Gasteiger partial charge < -0.3 is 15.3 Å². The van der Waals surface area contributed by atoms with E-state index in [9.17, 15) is 14.4 Å². The lowest BCUT2D eigenvalue weighted by atomic mass is 10.1. The van der Waals surface area contributed by atoms with Crippen molar-refractivity contribution in [2.24, 2.45) is 0 Å². The van der Waals surface area contributed by atoms with Crippen molar-refractivity contribution in [2.45, 2.75) is 37.8 Å². The lowest BCUT2D eigenvalue weighted by Gasteiger charge is -2.28. The quantitative estimate of drug-likeness (QED) is 0.703. The number of carboxylic acids is 1. The van der Waals surface area contributed by atoms with E-state index in [-0.39, 0.29) is 18.4 Å². The highest BCUT2D eigenvalue weighted by atomic mass is 35.5. The Bertz CT molecular complexity index is 670. The summed E-state index contributed by atoms with van der Waals surface area (Å²) >= 11 is 7.65. The van der Waals surface area contributed by atoms with E-state index in [1.165, 1.54) is 0 Å². The van der Waals surface area contributed by atoms with E-state index < -0.39 is 17.9 Å². The molecule has 0 aromatic heterocycles. The van der Waals surface area contributed by atoms with Crippen LogP contribution >= 0.6 is 23.4 Å². The number of nitrogens with zero attached hydrogens (tertiary/aromatic N) is 1. The molecule has 1 aromatic rings. The zero-order valence-electron chi connectivity index (χ0n) is 14.6. The Morgan fingerprint density at radius 3 is 2.77 bits per heavy atom. The number of amides is 2. The third-order valence-electron chi connectivity index (χ3n) is 4.40. The van der Waals surface area contributed by atoms with Gasteiger partial charge in [0.05, 0.1) is 17.0 Å². The van der Waals surface area contributed by atoms with Crippen molar-refractivity contribution < 1.29 is 19.5 Å². The SMILES string of the molecule is CSCCC(NC(=O)c1ccccc1Cl)C(=O)N1CCCC1CC(=O)O. The zero-order valence-corrected chi connectivity index (χ0v) is 16.2. The number of benzene rings is 1. The lowest BCUT2D eigenvalue weighted by molar-refractivity contribution is -0.140. The van der Waals surface area contributed by atoms with Gasteiger partial charge in [0.25, 0.3) is 5.91 Å². The predicted octanol–water partition coefficient (Wildman–Crippen LogP) is 2.66. The molecule has 2 rings (SSSR count). The average molecular weight is 399 g/mol. The van der Waals surface area contributed by atoms with Crippen molar-refractivity contribution in [3.05, 3.63) is 34.9 Å². The average Bonchev–Trinajstić information content (AvgIpc) is 3.05. The number of rotatable bonds is 8. The standard InChI is InChI=1S/C18H23ClN2O4S/c1-26-10-8-15(20-17(24)13-6-2-3-7-14(13)19)18(25)21-9-4-5-12(21)11-16(22)23/h2-3,6-7,12,15H,4-5,8-11H2,1H3,(H,20,24)(H,22,23). The van der Waals surface area contributed by atoms with Crippen LogP contribution in [-0.4, -0.2) is 58.4 Å². The number of carboxylic acid groups (broad SMARTS) is 1. The monoisotopic (exact) mass is 398 g/mol. The van der Waals surface area contributed by atoms with Crippen LogP contribution in [0.1, 0.15) is 36.0 Å². The van der Waals surface area contributed by atoms with Gasteiger partial charge in [-0.1, -0.05) is 23.7 Å². The molecule has 1 saturated heterocycles. The Kier molecular flexibility index (Phi) is 7.78. The second-order valence-electron chi connectivity index (χ2n) is 6.21. The van der Waals surface area contributed by atoms with Gasteiger partial charge in [-0.25, -0.2) is 0 Å². The summed E-state index contributed by atoms with van der Waals surface area (Å²) in [7, 11) is 0. The van der Waals surface area contributed by atoms with Crippen molar-refractivity contribution >= 4 is 41.1 Å². The Hall–Kier alpha value is -1.73. The fraction of sp³-hybridized carbons (Fsp3) is 0.500. The molecule has 0 saturated carbocycles. The minimum absolute atomic E-state index is 0.0700. The summed E-state index contributed by atoms with van der Waals surface area (Å²) < 4.78 is 0. The molecule has 0 radical (unpaired) electrons. The van der Waals surface area contributed by atoms with Gasteiger partial charge >= 0.3 is 5.97 Å². The highest BCUT2D eigenvalue weighted by molar-refractivity contribution is 7.98. The number of aliphatic carboxylic acids is 1. The molecule has 1 aliphatic rings. The molecule has 0 bridgehead atoms. The van der Waals surface area contributed by atoms with Crippen LogP contribution in [0.5, 0.6) is 0 Å². The van der Waals surface area contributed by atoms with Crippen molar-refractivity contribution in [3.8, 4) is 0 Å². The summed E-state index contributed by atoms with van der Waals surface area (Å²) in [4.78, 5) is 38.2. The van der Waals surface area contributed by atoms with Crippen molar-refractivity contribution in [3.63, 3.8) is 0 Å². The number of hydrogen-bond acceptors (Lipinski definition) is 4. The van der Waals surface area contributed by atoms with Crippen LogP contribution in [0.4, 0.5) is 0 Å². The molecule has 2 amide bonds. The van der Waals surface area contributed by atoms with Crippen LogP contribution < -0.4 is 5.32 Å². The van der Waals surface area contributed by atoms with Gasteiger partial charge in [-0.3, -0.25) is 14.4 Å². The zero-order chi connectivity index (χ0) is 19.1. The van der Waals surface area contributed by atoms with Crippen molar-refractivity contribution in [2.75, 3.05) is 18.6 Å². The van der Waals surface area contributed by atoms with Gasteiger partial charge in [0.1, 0.15) is 6.04 Å². The highest BCUT2D eigenvalue weighted by Crippen LogP contribution is 2.22. The summed E-state index contributed by atoms with van der Waals surface area (Å²) in [6, 6.07) is 5.67. The summed E-state index contributed by atoms with van der Waals surface area (Å²) in [5, 5.41) is 12.2. The lowest BCUT2D eigenvalue weighted by Crippen LogP contribution is -2.50. The topological polar surface area (TPSA) is 86.7 Å². The Morgan fingerprint density at radius 2 is 2.12 bits per heavy atom. The second-order valence-corrected chi connectivity index (χ2v) is 7.61. The van der Waals surface area contributed by atoms with Gasteiger partial charge in [0, 0.05) is 12.6 Å². The van der Waals surface area contributed by atoms with Gasteiger partial charge in [-0.15, -0.1) is 0 Å². The Balaban J connectivity index is 2.13. The molecule has 2 unspecified atom stereocenters. The second kappa shape index (κ2) is 9.83. The van der Waals surface area contributed by atoms with E-state index in [2.05, 4.69) is 5.32 Å². The number of hydrogen-bond donors (Lipinski definition) is 2. The molecule has 1 aliphatic heterocycles. The molecule has 8 heteroatoms. The number of carbonyl (C=O) groups is 3. The summed E-state index contributed by atoms with van der Waals surface area (Å²) in [5.41, 5.74) is 0.319. The van der Waals surface area contributed by atoms with Crippen LogP contribution in [0, 0.1) is 0 Å². The first-order valence-corrected chi connectivity index (χ1v) is 10.3. The van der Waals surface area contributed by atoms with E-state index in [0.29, 0.717) is 35.7 Å². The van der Waals surface area contributed by atoms with Crippen LogP contribution in [0.25, 0.3) is 0 Å². The Morgan fingerprint density at radius 1 is 1.38 bits per heavy atom. The molecule has 142 valence electrons. The summed E-state index contributed by atoms with van der Waals surface area (Å²) in [6.07, 6.45) is 3.79. The molecule has 1 heterocycles. The first kappa shape index (κ1) is 20.6. The van der Waals surface area contributed by atoms with Gasteiger partial charge in [-0.2, -0.15) is 11.8 Å². The largest absolute Gasteiger partial charge is 0.481 e. The minimum atomic E-state index is -0.921. The van der Waals surface area contributed by atoms with Crippen molar-refractivity contribution in [1.82, 2.24) is 10.2 Å². The molecule has 1 fully saturated rings. The van der Waals surface area contributed by atoms with Gasteiger partial charge in [0.15, 0.2) is 0 Å². The van der Waals surface area contributed by atoms with Crippen LogP contribution in [0.15, 0.2) is 24.3 Å². The number of nitrogens with one attached hydrogen (secondary N) is 1. The summed E-state index contributed by atoms with van der Waals surface area (Å²) in [5.74, 6) is -0.834. The fourth-order valence-electron chi connectivity index (χ4n) is 3.11. The number of likely N-dealkylation sites (tertiary alicyclic amines) is 1. The highest BCUT2D eigenvalue weighted by Gasteiger charge is 2.34. The number of halogens is 1. The van der Waals surface area contributed by atoms with Crippen LogP contribution in [0.2, 0.25) is 5.02 Å². The maximum atomic E-state index is 13.0. The number of carbonyl (C=O) groups excluding carboxylic acids is 2. The molecule has 2 atom stereocenters. The molecular weight excluding hydrogens is 376 g/mol. The normalized spacial score (nSPS) is 17.8. The first-order valence-electron chi connectivity index (χ1n) is 8.50. The maximum Gasteiger partial charge on any atom is 0.305 e. The van der Waals surface area contributed by atoms with E-state index in [1.54, 1.807) is 40.9 Å². The third-order valence-corrected chi connectivity index (χ3v) is 5.38. The van der Waals surface area contributed by atoms with E-state index in [4.69, 9.17) is 16.7 Å². The fourth-order valence-corrected chi connectivity index (χ4v) is 3.81. The number of thioether (sulfide) groups is 1. The van der Waals surface area contributed by atoms with E-state index >= 15 is 0 Å². The van der Waals surface area contributed by atoms with Crippen LogP contribution in [-0.2, 0) is 9.59 Å². The molecule has 2 N–H and O–H groups in total. The van der Waals surface area contributed by atoms with Crippen LogP contribution in [0.3, 0.4) is 0 Å². The first-order chi connectivity index (χ1) is 12.4. The van der Waals surface area contributed by atoms with Gasteiger partial charge in [0.2, 0.25) is 5.91 Å². The Labute approximate surface area is 162 Å². The molecule has 0 aliphatic carbocycles. The van der Waals surface area contributed by atoms with E-state index in [0.717, 1.165) is 6.42 Å². The summed E-state index contributed by atoms with van der Waals surface area (Å²) in [6.45, 7) is 0.522. The predicted molar refractivity (Wildman–Crippen MR) is 103 cm³/mol. The van der Waals surface area contributed by atoms with Crippen molar-refractivity contribution in [1.29, 1.82) is 0 Å². The third kappa shape index (κ3) is 5.38. The van der Waals surface area contributed by atoms with Gasteiger partial charge in [-0.05, 0) is 43.4 Å². The minimum Gasteiger partial charge on any atom is -0.481 e. The molecule has 1 aromatic carbocycles. The molecule has 0 spiro atoms. The van der Waals surface area contributed by atoms with E-state index in [1.807, 2.05) is 6.26 Å². The molecule has 26 heavy (non-hydrogen) atoms. The molecule has 6 nitrogen and oxygen atoms in total. The molecular formula is C18H23ClN2O4S.